The third kappa shape index (κ3) is 3.86. The van der Waals surface area contributed by atoms with Crippen LogP contribution in [0.2, 0.25) is 0 Å². The molecule has 0 aliphatic carbocycles. The van der Waals surface area contributed by atoms with Crippen molar-refractivity contribution in [2.75, 3.05) is 6.54 Å². The minimum atomic E-state index is -0.501. The number of nitrogens with zero attached hydrogens (tertiary/aromatic N) is 1. The Labute approximate surface area is 125 Å². The first-order chi connectivity index (χ1) is 9.78. The van der Waals surface area contributed by atoms with Gasteiger partial charge in [0.2, 0.25) is 5.56 Å². The molecule has 0 bridgehead atoms. The molecule has 0 saturated carbocycles. The van der Waals surface area contributed by atoms with Crippen LogP contribution in [-0.4, -0.2) is 28.1 Å². The van der Waals surface area contributed by atoms with Gasteiger partial charge in [-0.25, -0.2) is 4.79 Å². The lowest BCUT2D eigenvalue weighted by molar-refractivity contribution is 0.00942. The van der Waals surface area contributed by atoms with Crippen molar-refractivity contribution in [3.8, 4) is 0 Å². The average Bonchev–Trinajstić information content (AvgIpc) is 2.37. The Morgan fingerprint density at radius 1 is 1.38 bits per heavy atom. The number of carbonyl (C=O) groups excluding carboxylic acids is 1. The Bertz CT molecular complexity index is 572. The van der Waals surface area contributed by atoms with Crippen LogP contribution in [0.15, 0.2) is 17.1 Å². The summed E-state index contributed by atoms with van der Waals surface area (Å²) in [4.78, 5) is 28.3. The van der Waals surface area contributed by atoms with Crippen LogP contribution in [0.25, 0.3) is 0 Å². The summed E-state index contributed by atoms with van der Waals surface area (Å²) >= 11 is 0. The highest BCUT2D eigenvalue weighted by molar-refractivity contribution is 5.69. The SMILES string of the molecule is Cc1cc(=O)[nH]cc1[C@@H]1CCCCN1C(=O)OC(C)(C)C. The molecule has 1 atom stereocenters. The van der Waals surface area contributed by atoms with E-state index in [1.165, 1.54) is 0 Å². The number of H-pyrrole nitrogens is 1. The molecular weight excluding hydrogens is 268 g/mol. The number of carbonyl (C=O) groups is 1. The van der Waals surface area contributed by atoms with Gasteiger partial charge in [-0.2, -0.15) is 0 Å². The fourth-order valence-corrected chi connectivity index (χ4v) is 2.74. The first kappa shape index (κ1) is 15.6. The maximum absolute atomic E-state index is 12.4. The zero-order valence-electron chi connectivity index (χ0n) is 13.2. The molecule has 2 heterocycles. The molecule has 5 heteroatoms. The van der Waals surface area contributed by atoms with Gasteiger partial charge in [-0.15, -0.1) is 0 Å². The number of piperidine rings is 1. The van der Waals surface area contributed by atoms with Gasteiger partial charge < -0.3 is 14.6 Å². The number of hydrogen-bond acceptors (Lipinski definition) is 3. The Kier molecular flexibility index (Phi) is 4.40. The van der Waals surface area contributed by atoms with Crippen molar-refractivity contribution in [2.24, 2.45) is 0 Å². The number of aryl methyl sites for hydroxylation is 1. The Hall–Kier alpha value is -1.78. The second kappa shape index (κ2) is 5.92. The van der Waals surface area contributed by atoms with Gasteiger partial charge in [0.25, 0.3) is 0 Å². The second-order valence-electron chi connectivity index (χ2n) is 6.62. The van der Waals surface area contributed by atoms with Crippen molar-refractivity contribution in [3.05, 3.63) is 33.7 Å². The van der Waals surface area contributed by atoms with E-state index in [2.05, 4.69) is 4.98 Å². The molecule has 1 aromatic heterocycles. The van der Waals surface area contributed by atoms with Gasteiger partial charge in [0.1, 0.15) is 5.60 Å². The van der Waals surface area contributed by atoms with E-state index in [0.717, 1.165) is 30.4 Å². The normalized spacial score (nSPS) is 19.4. The highest BCUT2D eigenvalue weighted by atomic mass is 16.6. The van der Waals surface area contributed by atoms with Crippen molar-refractivity contribution in [2.45, 2.75) is 58.6 Å². The number of amides is 1. The van der Waals surface area contributed by atoms with Gasteiger partial charge in [-0.1, -0.05) is 0 Å². The molecule has 21 heavy (non-hydrogen) atoms. The predicted octanol–water partition coefficient (Wildman–Crippen LogP) is 3.15. The molecule has 1 aliphatic rings. The molecule has 0 unspecified atom stereocenters. The number of pyridine rings is 1. The van der Waals surface area contributed by atoms with E-state index in [9.17, 15) is 9.59 Å². The molecular formula is C16H24N2O3. The number of hydrogen-bond donors (Lipinski definition) is 1. The van der Waals surface area contributed by atoms with Crippen molar-refractivity contribution in [3.63, 3.8) is 0 Å². The van der Waals surface area contributed by atoms with Crippen molar-refractivity contribution < 1.29 is 9.53 Å². The monoisotopic (exact) mass is 292 g/mol. The Morgan fingerprint density at radius 2 is 2.10 bits per heavy atom. The molecule has 1 amide bonds. The lowest BCUT2D eigenvalue weighted by Crippen LogP contribution is -2.42. The van der Waals surface area contributed by atoms with Crippen LogP contribution in [0.5, 0.6) is 0 Å². The smallest absolute Gasteiger partial charge is 0.410 e. The van der Waals surface area contributed by atoms with Crippen LogP contribution in [0, 0.1) is 6.92 Å². The summed E-state index contributed by atoms with van der Waals surface area (Å²) in [7, 11) is 0. The summed E-state index contributed by atoms with van der Waals surface area (Å²) in [6.07, 6.45) is 4.40. The highest BCUT2D eigenvalue weighted by Gasteiger charge is 2.32. The molecule has 116 valence electrons. The number of nitrogens with one attached hydrogen (secondary N) is 1. The predicted molar refractivity (Wildman–Crippen MR) is 81.3 cm³/mol. The number of aromatic nitrogens is 1. The molecule has 2 rings (SSSR count). The maximum atomic E-state index is 12.4. The molecule has 5 nitrogen and oxygen atoms in total. The summed E-state index contributed by atoms with van der Waals surface area (Å²) in [6, 6.07) is 1.56. The summed E-state index contributed by atoms with van der Waals surface area (Å²) in [5, 5.41) is 0. The maximum Gasteiger partial charge on any atom is 0.410 e. The summed E-state index contributed by atoms with van der Waals surface area (Å²) in [5.74, 6) is 0. The molecule has 1 saturated heterocycles. The molecule has 1 aromatic rings. The van der Waals surface area contributed by atoms with Gasteiger partial charge >= 0.3 is 6.09 Å². The number of ether oxygens (including phenoxy) is 1. The van der Waals surface area contributed by atoms with E-state index in [1.807, 2.05) is 27.7 Å². The molecule has 0 radical (unpaired) electrons. The van der Waals surface area contributed by atoms with Crippen LogP contribution in [0.3, 0.4) is 0 Å². The minimum absolute atomic E-state index is 0.0227. The Balaban J connectivity index is 2.26. The lowest BCUT2D eigenvalue weighted by Gasteiger charge is -2.37. The lowest BCUT2D eigenvalue weighted by atomic mass is 9.94. The fraction of sp³-hybridized carbons (Fsp3) is 0.625. The zero-order chi connectivity index (χ0) is 15.6. The van der Waals surface area contributed by atoms with Gasteiger partial charge in [0.05, 0.1) is 6.04 Å². The minimum Gasteiger partial charge on any atom is -0.444 e. The number of likely N-dealkylation sites (tertiary alicyclic amines) is 1. The van der Waals surface area contributed by atoms with Crippen LogP contribution in [0.1, 0.15) is 57.2 Å². The highest BCUT2D eigenvalue weighted by Crippen LogP contribution is 2.33. The van der Waals surface area contributed by atoms with Crippen molar-refractivity contribution in [1.29, 1.82) is 0 Å². The van der Waals surface area contributed by atoms with Crippen LogP contribution in [-0.2, 0) is 4.74 Å². The first-order valence-corrected chi connectivity index (χ1v) is 7.47. The topological polar surface area (TPSA) is 62.4 Å². The van der Waals surface area contributed by atoms with Gasteiger partial charge in [-0.3, -0.25) is 4.79 Å². The van der Waals surface area contributed by atoms with E-state index in [4.69, 9.17) is 4.74 Å². The second-order valence-corrected chi connectivity index (χ2v) is 6.62. The van der Waals surface area contributed by atoms with E-state index < -0.39 is 5.60 Å². The number of aromatic amines is 1. The van der Waals surface area contributed by atoms with Crippen molar-refractivity contribution in [1.82, 2.24) is 9.88 Å². The third-order valence-electron chi connectivity index (χ3n) is 3.66. The molecule has 1 fully saturated rings. The summed E-state index contributed by atoms with van der Waals surface area (Å²) < 4.78 is 5.51. The summed E-state index contributed by atoms with van der Waals surface area (Å²) in [5.41, 5.74) is 1.30. The quantitative estimate of drug-likeness (QED) is 0.865. The molecule has 0 spiro atoms. The average molecular weight is 292 g/mol. The van der Waals surface area contributed by atoms with Crippen LogP contribution >= 0.6 is 0 Å². The molecule has 0 aromatic carbocycles. The molecule has 1 N–H and O–H groups in total. The van der Waals surface area contributed by atoms with Gasteiger partial charge in [0, 0.05) is 18.8 Å². The van der Waals surface area contributed by atoms with E-state index in [1.54, 1.807) is 17.2 Å². The molecule has 1 aliphatic heterocycles. The standard InChI is InChI=1S/C16H24N2O3/c1-11-9-14(19)17-10-12(11)13-7-5-6-8-18(13)15(20)21-16(2,3)4/h9-10,13H,5-8H2,1-4H3,(H,17,19)/t13-/m0/s1. The summed E-state index contributed by atoms with van der Waals surface area (Å²) in [6.45, 7) is 8.21. The van der Waals surface area contributed by atoms with Gasteiger partial charge in [0.15, 0.2) is 0 Å². The fourth-order valence-electron chi connectivity index (χ4n) is 2.74. The largest absolute Gasteiger partial charge is 0.444 e. The zero-order valence-corrected chi connectivity index (χ0v) is 13.2. The Morgan fingerprint density at radius 3 is 2.71 bits per heavy atom. The van der Waals surface area contributed by atoms with Gasteiger partial charge in [-0.05, 0) is 58.1 Å². The van der Waals surface area contributed by atoms with E-state index in [0.29, 0.717) is 6.54 Å². The first-order valence-electron chi connectivity index (χ1n) is 7.47. The number of rotatable bonds is 1. The van der Waals surface area contributed by atoms with E-state index in [-0.39, 0.29) is 17.7 Å². The third-order valence-corrected chi connectivity index (χ3v) is 3.66. The van der Waals surface area contributed by atoms with Crippen molar-refractivity contribution >= 4 is 6.09 Å². The van der Waals surface area contributed by atoms with Crippen LogP contribution < -0.4 is 5.56 Å². The van der Waals surface area contributed by atoms with E-state index >= 15 is 0 Å². The van der Waals surface area contributed by atoms with Crippen LogP contribution in [0.4, 0.5) is 4.79 Å².